The van der Waals surface area contributed by atoms with E-state index in [1.807, 2.05) is 30.3 Å². The van der Waals surface area contributed by atoms with Gasteiger partial charge in [0, 0.05) is 42.8 Å². The van der Waals surface area contributed by atoms with Crippen LogP contribution in [0.1, 0.15) is 25.0 Å². The number of anilines is 1. The lowest BCUT2D eigenvalue weighted by Crippen LogP contribution is -2.34. The maximum Gasteiger partial charge on any atom is 0.150 e. The minimum Gasteiger partial charge on any atom is -0.598 e. The molecule has 2 rings (SSSR count). The molecule has 0 amide bonds. The van der Waals surface area contributed by atoms with E-state index in [1.165, 1.54) is 5.56 Å². The lowest BCUT2D eigenvalue weighted by molar-refractivity contribution is 0.211. The van der Waals surface area contributed by atoms with Crippen LogP contribution in [0.2, 0.25) is 0 Å². The van der Waals surface area contributed by atoms with Gasteiger partial charge in [-0.05, 0) is 23.6 Å². The molecule has 0 aliphatic carbocycles. The Kier molecular flexibility index (Phi) is 8.98. The first-order chi connectivity index (χ1) is 12.6. The molecule has 0 aliphatic heterocycles. The fourth-order valence-electron chi connectivity index (χ4n) is 2.66. The molecule has 0 bridgehead atoms. The molecule has 0 spiro atoms. The standard InChI is InChI=1S/C21H30N2O2S/c1-18(2)15-23(26(24)17-20-7-5-4-6-8-20)16-19-9-11-21(12-10-19)22-13-14-25-3/h4-12,18,22H,13-17H2,1-3H3/t26-/m0/s1. The van der Waals surface area contributed by atoms with E-state index in [1.54, 1.807) is 7.11 Å². The summed E-state index contributed by atoms with van der Waals surface area (Å²) in [5.41, 5.74) is 3.35. The van der Waals surface area contributed by atoms with Crippen molar-refractivity contribution >= 4 is 17.0 Å². The number of rotatable bonds is 11. The number of nitrogens with zero attached hydrogens (tertiary/aromatic N) is 1. The van der Waals surface area contributed by atoms with Crippen molar-refractivity contribution in [3.63, 3.8) is 0 Å². The van der Waals surface area contributed by atoms with E-state index >= 15 is 0 Å². The summed E-state index contributed by atoms with van der Waals surface area (Å²) in [7, 11) is 1.70. The van der Waals surface area contributed by atoms with E-state index in [2.05, 4.69) is 47.7 Å². The number of ether oxygens (including phenoxy) is 1. The molecule has 0 saturated carbocycles. The third-order valence-electron chi connectivity index (χ3n) is 3.94. The van der Waals surface area contributed by atoms with Gasteiger partial charge in [-0.1, -0.05) is 56.3 Å². The van der Waals surface area contributed by atoms with Gasteiger partial charge in [-0.3, -0.25) is 0 Å². The molecule has 4 nitrogen and oxygen atoms in total. The number of nitrogens with one attached hydrogen (secondary N) is 1. The quantitative estimate of drug-likeness (QED) is 0.476. The second-order valence-corrected chi connectivity index (χ2v) is 8.23. The van der Waals surface area contributed by atoms with Crippen LogP contribution in [0.15, 0.2) is 54.6 Å². The zero-order valence-electron chi connectivity index (χ0n) is 16.0. The van der Waals surface area contributed by atoms with Crippen molar-refractivity contribution in [2.24, 2.45) is 5.92 Å². The lowest BCUT2D eigenvalue weighted by Gasteiger charge is -2.26. The summed E-state index contributed by atoms with van der Waals surface area (Å²) in [6.07, 6.45) is 0. The van der Waals surface area contributed by atoms with E-state index in [0.717, 1.165) is 24.3 Å². The van der Waals surface area contributed by atoms with Crippen LogP contribution >= 0.6 is 0 Å². The Balaban J connectivity index is 1.98. The second-order valence-electron chi connectivity index (χ2n) is 6.78. The molecule has 0 radical (unpaired) electrons. The average Bonchev–Trinajstić information content (AvgIpc) is 2.63. The van der Waals surface area contributed by atoms with Crippen molar-refractivity contribution in [3.8, 4) is 0 Å². The summed E-state index contributed by atoms with van der Waals surface area (Å²) in [6, 6.07) is 18.4. The molecule has 5 heteroatoms. The van der Waals surface area contributed by atoms with Gasteiger partial charge < -0.3 is 14.6 Å². The van der Waals surface area contributed by atoms with E-state index in [-0.39, 0.29) is 0 Å². The maximum absolute atomic E-state index is 12.9. The van der Waals surface area contributed by atoms with Crippen molar-refractivity contribution in [2.75, 3.05) is 32.1 Å². The van der Waals surface area contributed by atoms with Gasteiger partial charge >= 0.3 is 0 Å². The molecule has 26 heavy (non-hydrogen) atoms. The number of hydrogen-bond donors (Lipinski definition) is 1. The Hall–Kier alpha value is -1.53. The summed E-state index contributed by atoms with van der Waals surface area (Å²) in [6.45, 7) is 7.30. The first-order valence-corrected chi connectivity index (χ1v) is 10.3. The van der Waals surface area contributed by atoms with Crippen molar-refractivity contribution in [1.82, 2.24) is 4.31 Å². The lowest BCUT2D eigenvalue weighted by atomic mass is 10.2. The zero-order chi connectivity index (χ0) is 18.8. The van der Waals surface area contributed by atoms with Crippen LogP contribution in [-0.2, 0) is 28.4 Å². The molecule has 1 atom stereocenters. The van der Waals surface area contributed by atoms with E-state index in [9.17, 15) is 4.55 Å². The van der Waals surface area contributed by atoms with Gasteiger partial charge in [0.1, 0.15) is 0 Å². The first kappa shape index (κ1) is 20.8. The normalized spacial score (nSPS) is 12.5. The third-order valence-corrected chi connectivity index (χ3v) is 5.37. The van der Waals surface area contributed by atoms with Crippen LogP contribution in [0.25, 0.3) is 0 Å². The van der Waals surface area contributed by atoms with E-state index in [0.29, 0.717) is 24.8 Å². The van der Waals surface area contributed by atoms with Gasteiger partial charge in [-0.15, -0.1) is 4.31 Å². The van der Waals surface area contributed by atoms with Crippen LogP contribution in [0, 0.1) is 5.92 Å². The minimum atomic E-state index is -1.04. The number of benzene rings is 2. The molecule has 0 heterocycles. The van der Waals surface area contributed by atoms with E-state index in [4.69, 9.17) is 4.74 Å². The maximum atomic E-state index is 12.9. The summed E-state index contributed by atoms with van der Waals surface area (Å²) >= 11 is -1.04. The van der Waals surface area contributed by atoms with Gasteiger partial charge in [-0.2, -0.15) is 0 Å². The van der Waals surface area contributed by atoms with Crippen LogP contribution in [0.5, 0.6) is 0 Å². The Bertz CT molecular complexity index is 620. The molecule has 1 N–H and O–H groups in total. The largest absolute Gasteiger partial charge is 0.598 e. The number of hydrogen-bond acceptors (Lipinski definition) is 4. The smallest absolute Gasteiger partial charge is 0.150 e. The summed E-state index contributed by atoms with van der Waals surface area (Å²) in [5.74, 6) is 1.02. The molecule has 0 aliphatic rings. The fourth-order valence-corrected chi connectivity index (χ4v) is 4.08. The Morgan fingerprint density at radius 3 is 2.35 bits per heavy atom. The highest BCUT2D eigenvalue weighted by molar-refractivity contribution is 7.88. The molecule has 0 aromatic heterocycles. The molecule has 0 fully saturated rings. The Morgan fingerprint density at radius 2 is 1.73 bits per heavy atom. The topological polar surface area (TPSA) is 47.6 Å². The van der Waals surface area contributed by atoms with Gasteiger partial charge in [0.05, 0.1) is 13.2 Å². The first-order valence-electron chi connectivity index (χ1n) is 9.07. The zero-order valence-corrected chi connectivity index (χ0v) is 16.8. The third kappa shape index (κ3) is 7.38. The monoisotopic (exact) mass is 374 g/mol. The predicted octanol–water partition coefficient (Wildman–Crippen LogP) is 4.07. The van der Waals surface area contributed by atoms with Crippen molar-refractivity contribution in [1.29, 1.82) is 0 Å². The van der Waals surface area contributed by atoms with Crippen molar-refractivity contribution in [3.05, 3.63) is 65.7 Å². The van der Waals surface area contributed by atoms with Gasteiger partial charge in [0.15, 0.2) is 5.75 Å². The molecule has 2 aromatic carbocycles. The Labute approximate surface area is 160 Å². The molecular formula is C21H30N2O2S. The highest BCUT2D eigenvalue weighted by atomic mass is 32.2. The minimum absolute atomic E-state index is 0.463. The number of methoxy groups -OCH3 is 1. The van der Waals surface area contributed by atoms with Crippen molar-refractivity contribution < 1.29 is 9.29 Å². The van der Waals surface area contributed by atoms with Crippen LogP contribution in [-0.4, -0.2) is 35.7 Å². The summed E-state index contributed by atoms with van der Waals surface area (Å²) < 4.78 is 20.0. The predicted molar refractivity (Wildman–Crippen MR) is 110 cm³/mol. The molecule has 142 valence electrons. The second kappa shape index (κ2) is 11.2. The molecular weight excluding hydrogens is 344 g/mol. The summed E-state index contributed by atoms with van der Waals surface area (Å²) in [5, 5.41) is 3.32. The SMILES string of the molecule is COCCNc1ccc(CN(CC(C)C)[S@@+]([O-])Cc2ccccc2)cc1. The van der Waals surface area contributed by atoms with E-state index < -0.39 is 11.4 Å². The molecule has 0 saturated heterocycles. The Morgan fingerprint density at radius 1 is 1.04 bits per heavy atom. The van der Waals surface area contributed by atoms with Crippen LogP contribution in [0.4, 0.5) is 5.69 Å². The molecule has 2 aromatic rings. The van der Waals surface area contributed by atoms with Crippen LogP contribution in [0.3, 0.4) is 0 Å². The van der Waals surface area contributed by atoms with Gasteiger partial charge in [-0.25, -0.2) is 0 Å². The highest BCUT2D eigenvalue weighted by Gasteiger charge is 2.21. The average molecular weight is 375 g/mol. The van der Waals surface area contributed by atoms with Crippen molar-refractivity contribution in [2.45, 2.75) is 26.1 Å². The highest BCUT2D eigenvalue weighted by Crippen LogP contribution is 2.18. The molecule has 0 unspecified atom stereocenters. The van der Waals surface area contributed by atoms with Gasteiger partial charge in [0.2, 0.25) is 0 Å². The fraction of sp³-hybridized carbons (Fsp3) is 0.429. The van der Waals surface area contributed by atoms with Gasteiger partial charge in [0.25, 0.3) is 0 Å². The van der Waals surface area contributed by atoms with Crippen LogP contribution < -0.4 is 5.32 Å². The summed E-state index contributed by atoms with van der Waals surface area (Å²) in [4.78, 5) is 0.